The molecule has 1 fully saturated rings. The molecule has 0 aromatic heterocycles. The van der Waals surface area contributed by atoms with Crippen molar-refractivity contribution < 1.29 is 13.2 Å². The lowest BCUT2D eigenvalue weighted by molar-refractivity contribution is 0.102. The average molecular weight is 358 g/mol. The van der Waals surface area contributed by atoms with Crippen LogP contribution < -0.4 is 5.32 Å². The van der Waals surface area contributed by atoms with Crippen LogP contribution in [0.3, 0.4) is 0 Å². The van der Waals surface area contributed by atoms with E-state index in [9.17, 15) is 13.2 Å². The Kier molecular flexibility index (Phi) is 5.20. The lowest BCUT2D eigenvalue weighted by Crippen LogP contribution is -2.36. The summed E-state index contributed by atoms with van der Waals surface area (Å²) in [7, 11) is -3.57. The maximum absolute atomic E-state index is 12.9. The number of carbonyl (C=O) groups is 1. The van der Waals surface area contributed by atoms with Crippen molar-refractivity contribution in [1.29, 1.82) is 0 Å². The van der Waals surface area contributed by atoms with Gasteiger partial charge in [-0.15, -0.1) is 0 Å². The summed E-state index contributed by atoms with van der Waals surface area (Å²) in [4.78, 5) is 12.7. The second kappa shape index (κ2) is 7.37. The standard InChI is InChI=1S/C19H22N2O3S/c1-15-10-11-16(19(22)20-17-8-4-2-5-9-17)14-18(15)25(23,24)21-12-6-3-7-13-21/h2,4-5,8-11,14H,3,6-7,12-13H2,1H3,(H,20,22). The lowest BCUT2D eigenvalue weighted by atomic mass is 10.1. The van der Waals surface area contributed by atoms with Crippen LogP contribution in [0, 0.1) is 6.92 Å². The molecule has 1 N–H and O–H groups in total. The van der Waals surface area contributed by atoms with Gasteiger partial charge >= 0.3 is 0 Å². The number of nitrogens with one attached hydrogen (secondary N) is 1. The first-order valence-corrected chi connectivity index (χ1v) is 9.90. The molecule has 2 aromatic rings. The molecule has 0 unspecified atom stereocenters. The van der Waals surface area contributed by atoms with Crippen LogP contribution in [0.2, 0.25) is 0 Å². The minimum Gasteiger partial charge on any atom is -0.322 e. The SMILES string of the molecule is Cc1ccc(C(=O)Nc2ccccc2)cc1S(=O)(=O)N1CCCCC1. The van der Waals surface area contributed by atoms with Crippen LogP contribution in [-0.2, 0) is 10.0 Å². The zero-order valence-corrected chi connectivity index (χ0v) is 15.1. The number of piperidine rings is 1. The summed E-state index contributed by atoms with van der Waals surface area (Å²) in [6.45, 7) is 2.85. The van der Waals surface area contributed by atoms with Crippen molar-refractivity contribution in [3.8, 4) is 0 Å². The van der Waals surface area contributed by atoms with Gasteiger partial charge in [-0.2, -0.15) is 4.31 Å². The Morgan fingerprint density at radius 1 is 1.00 bits per heavy atom. The number of anilines is 1. The number of rotatable bonds is 4. The van der Waals surface area contributed by atoms with Crippen molar-refractivity contribution in [1.82, 2.24) is 4.31 Å². The first kappa shape index (κ1) is 17.6. The minimum atomic E-state index is -3.57. The summed E-state index contributed by atoms with van der Waals surface area (Å²) in [6.07, 6.45) is 2.82. The summed E-state index contributed by atoms with van der Waals surface area (Å²) in [5.41, 5.74) is 1.67. The van der Waals surface area contributed by atoms with E-state index in [1.54, 1.807) is 31.2 Å². The van der Waals surface area contributed by atoms with Gasteiger partial charge in [0.25, 0.3) is 5.91 Å². The summed E-state index contributed by atoms with van der Waals surface area (Å²) in [5.74, 6) is -0.318. The molecule has 0 radical (unpaired) electrons. The van der Waals surface area contributed by atoms with Crippen molar-refractivity contribution in [3.63, 3.8) is 0 Å². The van der Waals surface area contributed by atoms with E-state index in [2.05, 4.69) is 5.32 Å². The van der Waals surface area contributed by atoms with Crippen molar-refractivity contribution in [2.24, 2.45) is 0 Å². The molecule has 5 nitrogen and oxygen atoms in total. The highest BCUT2D eigenvalue weighted by Gasteiger charge is 2.28. The predicted octanol–water partition coefficient (Wildman–Crippen LogP) is 3.42. The Balaban J connectivity index is 1.88. The molecule has 1 saturated heterocycles. The van der Waals surface area contributed by atoms with Crippen LogP contribution >= 0.6 is 0 Å². The molecular formula is C19H22N2O3S. The Bertz CT molecular complexity index is 857. The van der Waals surface area contributed by atoms with Crippen molar-refractivity contribution in [3.05, 3.63) is 59.7 Å². The van der Waals surface area contributed by atoms with Crippen LogP contribution in [0.1, 0.15) is 35.2 Å². The monoisotopic (exact) mass is 358 g/mol. The Labute approximate surface area is 148 Å². The summed E-state index contributed by atoms with van der Waals surface area (Å²) in [5, 5.41) is 2.79. The Morgan fingerprint density at radius 2 is 1.68 bits per heavy atom. The topological polar surface area (TPSA) is 66.5 Å². The maximum Gasteiger partial charge on any atom is 0.255 e. The number of aryl methyl sites for hydroxylation is 1. The smallest absolute Gasteiger partial charge is 0.255 e. The number of hydrogen-bond donors (Lipinski definition) is 1. The highest BCUT2D eigenvalue weighted by molar-refractivity contribution is 7.89. The quantitative estimate of drug-likeness (QED) is 0.911. The largest absolute Gasteiger partial charge is 0.322 e. The number of sulfonamides is 1. The van der Waals surface area contributed by atoms with E-state index in [0.717, 1.165) is 19.3 Å². The third kappa shape index (κ3) is 3.91. The summed E-state index contributed by atoms with van der Waals surface area (Å²) >= 11 is 0. The van der Waals surface area contributed by atoms with Gasteiger partial charge in [-0.1, -0.05) is 30.7 Å². The van der Waals surface area contributed by atoms with E-state index < -0.39 is 10.0 Å². The van der Waals surface area contributed by atoms with E-state index in [1.807, 2.05) is 18.2 Å². The average Bonchev–Trinajstić information content (AvgIpc) is 2.63. The Hall–Kier alpha value is -2.18. The number of hydrogen-bond acceptors (Lipinski definition) is 3. The normalized spacial score (nSPS) is 15.7. The van der Waals surface area contributed by atoms with Gasteiger partial charge in [0.15, 0.2) is 0 Å². The zero-order chi connectivity index (χ0) is 17.9. The molecule has 1 aliphatic heterocycles. The Morgan fingerprint density at radius 3 is 2.36 bits per heavy atom. The highest BCUT2D eigenvalue weighted by Crippen LogP contribution is 2.24. The number of nitrogens with zero attached hydrogens (tertiary/aromatic N) is 1. The molecule has 1 heterocycles. The predicted molar refractivity (Wildman–Crippen MR) is 98.2 cm³/mol. The van der Waals surface area contributed by atoms with E-state index >= 15 is 0 Å². The third-order valence-corrected chi connectivity index (χ3v) is 6.46. The van der Waals surface area contributed by atoms with Gasteiger partial charge in [-0.3, -0.25) is 4.79 Å². The highest BCUT2D eigenvalue weighted by atomic mass is 32.2. The van der Waals surface area contributed by atoms with Gasteiger partial charge in [0.05, 0.1) is 4.90 Å². The van der Waals surface area contributed by atoms with Gasteiger partial charge < -0.3 is 5.32 Å². The summed E-state index contributed by atoms with van der Waals surface area (Å²) in [6, 6.07) is 13.9. The molecule has 0 saturated carbocycles. The van der Waals surface area contributed by atoms with Gasteiger partial charge in [0.2, 0.25) is 10.0 Å². The van der Waals surface area contributed by atoms with Crippen LogP contribution in [-0.4, -0.2) is 31.7 Å². The van der Waals surface area contributed by atoms with E-state index in [0.29, 0.717) is 29.9 Å². The molecule has 0 aliphatic carbocycles. The van der Waals surface area contributed by atoms with Crippen LogP contribution in [0.25, 0.3) is 0 Å². The van der Waals surface area contributed by atoms with E-state index in [4.69, 9.17) is 0 Å². The van der Waals surface area contributed by atoms with E-state index in [1.165, 1.54) is 10.4 Å². The molecule has 2 aromatic carbocycles. The number of carbonyl (C=O) groups excluding carboxylic acids is 1. The fourth-order valence-corrected chi connectivity index (χ4v) is 4.76. The van der Waals surface area contributed by atoms with E-state index in [-0.39, 0.29) is 10.8 Å². The molecule has 1 aliphatic rings. The third-order valence-electron chi connectivity index (χ3n) is 4.41. The number of benzene rings is 2. The molecule has 1 amide bonds. The lowest BCUT2D eigenvalue weighted by Gasteiger charge is -2.26. The number of amides is 1. The van der Waals surface area contributed by atoms with Crippen molar-refractivity contribution in [2.75, 3.05) is 18.4 Å². The van der Waals surface area contributed by atoms with Crippen LogP contribution in [0.4, 0.5) is 5.69 Å². The van der Waals surface area contributed by atoms with Crippen LogP contribution in [0.15, 0.2) is 53.4 Å². The van der Waals surface area contributed by atoms with Gasteiger partial charge in [0.1, 0.15) is 0 Å². The molecule has 25 heavy (non-hydrogen) atoms. The van der Waals surface area contributed by atoms with Gasteiger partial charge in [-0.05, 0) is 49.6 Å². The van der Waals surface area contributed by atoms with Crippen molar-refractivity contribution in [2.45, 2.75) is 31.1 Å². The molecule has 0 atom stereocenters. The van der Waals surface area contributed by atoms with Crippen LogP contribution in [0.5, 0.6) is 0 Å². The first-order chi connectivity index (χ1) is 12.0. The molecular weight excluding hydrogens is 336 g/mol. The first-order valence-electron chi connectivity index (χ1n) is 8.46. The second-order valence-corrected chi connectivity index (χ2v) is 8.17. The maximum atomic E-state index is 12.9. The molecule has 6 heteroatoms. The molecule has 3 rings (SSSR count). The van der Waals surface area contributed by atoms with Crippen molar-refractivity contribution >= 4 is 21.6 Å². The fraction of sp³-hybridized carbons (Fsp3) is 0.316. The molecule has 132 valence electrons. The van der Waals surface area contributed by atoms with Gasteiger partial charge in [-0.25, -0.2) is 8.42 Å². The number of para-hydroxylation sites is 1. The molecule has 0 spiro atoms. The second-order valence-electron chi connectivity index (χ2n) is 6.27. The zero-order valence-electron chi connectivity index (χ0n) is 14.2. The summed E-state index contributed by atoms with van der Waals surface area (Å²) < 4.78 is 27.4. The molecule has 0 bridgehead atoms. The minimum absolute atomic E-state index is 0.218. The van der Waals surface area contributed by atoms with Gasteiger partial charge in [0, 0.05) is 24.3 Å². The fourth-order valence-electron chi connectivity index (χ4n) is 2.99.